The van der Waals surface area contributed by atoms with Crippen molar-refractivity contribution in [2.24, 2.45) is 0 Å². The van der Waals surface area contributed by atoms with Crippen LogP contribution in [0.5, 0.6) is 0 Å². The molecule has 33 heavy (non-hydrogen) atoms. The van der Waals surface area contributed by atoms with Crippen LogP contribution in [0.25, 0.3) is 0 Å². The number of benzene rings is 2. The molecule has 9 heteroatoms. The van der Waals surface area contributed by atoms with Gasteiger partial charge in [0.1, 0.15) is 6.54 Å². The number of anilines is 2. The zero-order valence-electron chi connectivity index (χ0n) is 19.1. The molecule has 1 N–H and O–H groups in total. The van der Waals surface area contributed by atoms with E-state index in [4.69, 9.17) is 4.74 Å². The van der Waals surface area contributed by atoms with Gasteiger partial charge in [0, 0.05) is 24.3 Å². The highest BCUT2D eigenvalue weighted by molar-refractivity contribution is 7.92. The molecule has 1 heterocycles. The van der Waals surface area contributed by atoms with Crippen molar-refractivity contribution in [1.29, 1.82) is 0 Å². The fourth-order valence-electron chi connectivity index (χ4n) is 3.59. The Bertz CT molecular complexity index is 1050. The van der Waals surface area contributed by atoms with Crippen LogP contribution in [0, 0.1) is 0 Å². The molecule has 1 saturated heterocycles. The van der Waals surface area contributed by atoms with Crippen LogP contribution < -0.4 is 9.62 Å². The molecule has 1 aliphatic rings. The molecule has 1 aliphatic heterocycles. The maximum absolute atomic E-state index is 12.6. The number of amides is 2. The molecule has 2 amide bonds. The monoisotopic (exact) mass is 473 g/mol. The molecule has 0 radical (unpaired) electrons. The Hall–Kier alpha value is -2.91. The van der Waals surface area contributed by atoms with E-state index in [2.05, 4.69) is 12.2 Å². The van der Waals surface area contributed by atoms with Crippen LogP contribution in [0.15, 0.2) is 48.5 Å². The molecule has 0 bridgehead atoms. The topological polar surface area (TPSA) is 96.0 Å². The van der Waals surface area contributed by atoms with Crippen molar-refractivity contribution in [1.82, 2.24) is 4.90 Å². The highest BCUT2D eigenvalue weighted by atomic mass is 32.2. The number of hydrogen-bond donors (Lipinski definition) is 1. The van der Waals surface area contributed by atoms with Crippen molar-refractivity contribution in [2.45, 2.75) is 26.2 Å². The van der Waals surface area contributed by atoms with Crippen LogP contribution in [-0.4, -0.2) is 64.2 Å². The van der Waals surface area contributed by atoms with E-state index in [9.17, 15) is 18.0 Å². The van der Waals surface area contributed by atoms with Crippen LogP contribution in [0.3, 0.4) is 0 Å². The summed E-state index contributed by atoms with van der Waals surface area (Å²) < 4.78 is 31.1. The standard InChI is InChI=1S/C24H31N3O5S/c1-3-4-5-19-6-10-21(11-7-19)25-23(28)18-27(33(2,30)31)22-12-8-20(9-13-22)24(29)26-14-16-32-17-15-26/h6-13H,3-5,14-18H2,1-2H3,(H,25,28). The quantitative estimate of drug-likeness (QED) is 0.604. The van der Waals surface area contributed by atoms with E-state index in [0.717, 1.165) is 29.8 Å². The maximum Gasteiger partial charge on any atom is 0.254 e. The van der Waals surface area contributed by atoms with Crippen LogP contribution in [0.2, 0.25) is 0 Å². The lowest BCUT2D eigenvalue weighted by Gasteiger charge is -2.27. The lowest BCUT2D eigenvalue weighted by atomic mass is 10.1. The summed E-state index contributed by atoms with van der Waals surface area (Å²) >= 11 is 0. The number of ether oxygens (including phenoxy) is 1. The Morgan fingerprint density at radius 1 is 1.03 bits per heavy atom. The van der Waals surface area contributed by atoms with Gasteiger partial charge in [0.05, 0.1) is 25.2 Å². The molecule has 0 atom stereocenters. The second kappa shape index (κ2) is 11.3. The molecular weight excluding hydrogens is 442 g/mol. The lowest BCUT2D eigenvalue weighted by Crippen LogP contribution is -2.40. The average Bonchev–Trinajstić information content (AvgIpc) is 2.81. The number of aryl methyl sites for hydroxylation is 1. The van der Waals surface area contributed by atoms with Crippen LogP contribution >= 0.6 is 0 Å². The summed E-state index contributed by atoms with van der Waals surface area (Å²) in [5.74, 6) is -0.578. The van der Waals surface area contributed by atoms with Crippen molar-refractivity contribution < 1.29 is 22.7 Å². The maximum atomic E-state index is 12.6. The van der Waals surface area contributed by atoms with Gasteiger partial charge in [-0.05, 0) is 54.8 Å². The predicted molar refractivity (Wildman–Crippen MR) is 129 cm³/mol. The third-order valence-electron chi connectivity index (χ3n) is 5.44. The van der Waals surface area contributed by atoms with Crippen LogP contribution in [0.4, 0.5) is 11.4 Å². The van der Waals surface area contributed by atoms with E-state index in [1.165, 1.54) is 5.56 Å². The third kappa shape index (κ3) is 7.03. The number of hydrogen-bond acceptors (Lipinski definition) is 5. The van der Waals surface area contributed by atoms with Crippen molar-refractivity contribution in [3.63, 3.8) is 0 Å². The molecule has 0 saturated carbocycles. The number of sulfonamides is 1. The molecule has 3 rings (SSSR count). The fraction of sp³-hybridized carbons (Fsp3) is 0.417. The molecule has 2 aromatic carbocycles. The van der Waals surface area contributed by atoms with E-state index in [1.54, 1.807) is 29.2 Å². The average molecular weight is 474 g/mol. The molecule has 0 spiro atoms. The van der Waals surface area contributed by atoms with Gasteiger partial charge in [-0.3, -0.25) is 13.9 Å². The summed E-state index contributed by atoms with van der Waals surface area (Å²) in [4.78, 5) is 26.9. The lowest BCUT2D eigenvalue weighted by molar-refractivity contribution is -0.114. The highest BCUT2D eigenvalue weighted by Crippen LogP contribution is 2.20. The van der Waals surface area contributed by atoms with Gasteiger partial charge >= 0.3 is 0 Å². The first-order chi connectivity index (χ1) is 15.8. The van der Waals surface area contributed by atoms with E-state index >= 15 is 0 Å². The summed E-state index contributed by atoms with van der Waals surface area (Å²) in [5, 5.41) is 2.75. The molecule has 1 fully saturated rings. The summed E-state index contributed by atoms with van der Waals surface area (Å²) in [6.07, 6.45) is 4.25. The molecule has 178 valence electrons. The van der Waals surface area contributed by atoms with Crippen molar-refractivity contribution in [3.05, 3.63) is 59.7 Å². The Kier molecular flexibility index (Phi) is 8.46. The van der Waals surface area contributed by atoms with E-state index < -0.39 is 15.9 Å². The first-order valence-corrected chi connectivity index (χ1v) is 13.0. The van der Waals surface area contributed by atoms with Gasteiger partial charge in [-0.15, -0.1) is 0 Å². The third-order valence-corrected chi connectivity index (χ3v) is 6.59. The van der Waals surface area contributed by atoms with Crippen molar-refractivity contribution in [2.75, 3.05) is 48.7 Å². The Morgan fingerprint density at radius 3 is 2.24 bits per heavy atom. The van der Waals surface area contributed by atoms with Gasteiger partial charge in [0.25, 0.3) is 5.91 Å². The van der Waals surface area contributed by atoms with Crippen molar-refractivity contribution >= 4 is 33.2 Å². The zero-order chi connectivity index (χ0) is 23.8. The van der Waals surface area contributed by atoms with Gasteiger partial charge < -0.3 is 15.0 Å². The van der Waals surface area contributed by atoms with Gasteiger partial charge in [-0.2, -0.15) is 0 Å². The molecular formula is C24H31N3O5S. The molecule has 0 aliphatic carbocycles. The number of carbonyl (C=O) groups excluding carboxylic acids is 2. The Morgan fingerprint density at radius 2 is 1.67 bits per heavy atom. The van der Waals surface area contributed by atoms with E-state index in [-0.39, 0.29) is 12.5 Å². The number of rotatable bonds is 9. The SMILES string of the molecule is CCCCc1ccc(NC(=O)CN(c2ccc(C(=O)N3CCOCC3)cc2)S(C)(=O)=O)cc1. The summed E-state index contributed by atoms with van der Waals surface area (Å²) in [6.45, 7) is 3.82. The largest absolute Gasteiger partial charge is 0.378 e. The van der Waals surface area contributed by atoms with Gasteiger partial charge in [0.2, 0.25) is 15.9 Å². The summed E-state index contributed by atoms with van der Waals surface area (Å²) in [5.41, 5.74) is 2.59. The zero-order valence-corrected chi connectivity index (χ0v) is 19.9. The predicted octanol–water partition coefficient (Wildman–Crippen LogP) is 2.91. The van der Waals surface area contributed by atoms with Crippen LogP contribution in [0.1, 0.15) is 35.7 Å². The normalized spacial score (nSPS) is 14.1. The Balaban J connectivity index is 1.67. The second-order valence-electron chi connectivity index (χ2n) is 8.07. The van der Waals surface area contributed by atoms with E-state index in [0.29, 0.717) is 43.2 Å². The number of carbonyl (C=O) groups is 2. The Labute approximate surface area is 195 Å². The smallest absolute Gasteiger partial charge is 0.254 e. The number of nitrogens with one attached hydrogen (secondary N) is 1. The highest BCUT2D eigenvalue weighted by Gasteiger charge is 2.23. The van der Waals surface area contributed by atoms with Crippen molar-refractivity contribution in [3.8, 4) is 0 Å². The molecule has 8 nitrogen and oxygen atoms in total. The molecule has 2 aromatic rings. The van der Waals surface area contributed by atoms with Gasteiger partial charge in [-0.25, -0.2) is 8.42 Å². The first kappa shape index (κ1) is 24.7. The van der Waals surface area contributed by atoms with Gasteiger partial charge in [0.15, 0.2) is 0 Å². The van der Waals surface area contributed by atoms with E-state index in [1.807, 2.05) is 24.3 Å². The minimum Gasteiger partial charge on any atom is -0.378 e. The second-order valence-corrected chi connectivity index (χ2v) is 9.98. The molecule has 0 unspecified atom stereocenters. The first-order valence-electron chi connectivity index (χ1n) is 11.1. The summed E-state index contributed by atoms with van der Waals surface area (Å²) in [7, 11) is -3.72. The van der Waals surface area contributed by atoms with Crippen LogP contribution in [-0.2, 0) is 26.0 Å². The fourth-order valence-corrected chi connectivity index (χ4v) is 4.44. The minimum absolute atomic E-state index is 0.129. The minimum atomic E-state index is -3.72. The number of nitrogens with zero attached hydrogens (tertiary/aromatic N) is 2. The van der Waals surface area contributed by atoms with Gasteiger partial charge in [-0.1, -0.05) is 25.5 Å². The summed E-state index contributed by atoms with van der Waals surface area (Å²) in [6, 6.07) is 13.8. The number of morpholine rings is 1. The number of unbranched alkanes of at least 4 members (excludes halogenated alkanes) is 1. The molecule has 0 aromatic heterocycles.